The second kappa shape index (κ2) is 8.22. The van der Waals surface area contributed by atoms with Gasteiger partial charge in [-0.2, -0.15) is 0 Å². The second-order valence-corrected chi connectivity index (χ2v) is 7.86. The van der Waals surface area contributed by atoms with Crippen molar-refractivity contribution >= 4 is 17.4 Å². The summed E-state index contributed by atoms with van der Waals surface area (Å²) >= 11 is 0. The molecule has 0 unspecified atom stereocenters. The highest BCUT2D eigenvalue weighted by Crippen LogP contribution is 2.32. The van der Waals surface area contributed by atoms with Gasteiger partial charge in [0.15, 0.2) is 0 Å². The number of rotatable bonds is 6. The molecule has 0 aliphatic heterocycles. The first-order chi connectivity index (χ1) is 14.5. The number of amides is 1. The van der Waals surface area contributed by atoms with Gasteiger partial charge in [0.05, 0.1) is 20.0 Å². The molecule has 1 aliphatic carbocycles. The monoisotopic (exact) mass is 406 g/mol. The van der Waals surface area contributed by atoms with Crippen LogP contribution >= 0.6 is 0 Å². The number of methoxy groups -OCH3 is 1. The predicted octanol–water partition coefficient (Wildman–Crippen LogP) is 3.13. The van der Waals surface area contributed by atoms with E-state index in [1.807, 2.05) is 60.6 Å². The number of hydrogen-bond donors (Lipinski definition) is 1. The third-order valence-electron chi connectivity index (χ3n) is 6.11. The van der Waals surface area contributed by atoms with Crippen molar-refractivity contribution in [3.8, 4) is 5.75 Å². The molecule has 156 valence electrons. The first-order valence-electron chi connectivity index (χ1n) is 10.2. The van der Waals surface area contributed by atoms with Gasteiger partial charge >= 0.3 is 5.97 Å². The molecule has 0 saturated carbocycles. The van der Waals surface area contributed by atoms with Crippen molar-refractivity contribution in [2.45, 2.75) is 38.1 Å². The van der Waals surface area contributed by atoms with E-state index in [1.54, 1.807) is 7.11 Å². The average molecular weight is 406 g/mol. The van der Waals surface area contributed by atoms with Crippen LogP contribution in [0, 0.1) is 0 Å². The number of likely N-dealkylation sites (N-methyl/N-ethyl adjacent to an activating group) is 1. The summed E-state index contributed by atoms with van der Waals surface area (Å²) in [6.07, 6.45) is 4.71. The Morgan fingerprint density at radius 2 is 1.93 bits per heavy atom. The predicted molar refractivity (Wildman–Crippen MR) is 114 cm³/mol. The van der Waals surface area contributed by atoms with E-state index >= 15 is 0 Å². The zero-order valence-corrected chi connectivity index (χ0v) is 17.3. The maximum Gasteiger partial charge on any atom is 0.307 e. The first-order valence-corrected chi connectivity index (χ1v) is 10.2. The van der Waals surface area contributed by atoms with E-state index in [1.165, 1.54) is 0 Å². The highest BCUT2D eigenvalue weighted by molar-refractivity contribution is 5.79. The highest BCUT2D eigenvalue weighted by atomic mass is 16.5. The molecule has 0 fully saturated rings. The molecule has 1 atom stereocenters. The fraction of sp³-hybridized carbons (Fsp3) is 0.333. The number of nitrogens with zero attached hydrogens (tertiary/aromatic N) is 2. The molecule has 0 saturated heterocycles. The van der Waals surface area contributed by atoms with Crippen LogP contribution in [0.3, 0.4) is 0 Å². The van der Waals surface area contributed by atoms with Crippen molar-refractivity contribution in [1.29, 1.82) is 0 Å². The number of aliphatic carboxylic acids is 1. The smallest absolute Gasteiger partial charge is 0.307 e. The van der Waals surface area contributed by atoms with Gasteiger partial charge in [-0.1, -0.05) is 18.2 Å². The van der Waals surface area contributed by atoms with Crippen LogP contribution in [0.25, 0.3) is 5.52 Å². The third-order valence-corrected chi connectivity index (χ3v) is 6.11. The SMILES string of the molecule is COc1ccc(CC(=O)N(C)[C@@H]2CCc3c(CC(=O)O)c4ccccn4c3C2)cc1. The molecule has 2 aromatic heterocycles. The molecule has 1 N–H and O–H groups in total. The number of hydrogen-bond acceptors (Lipinski definition) is 3. The molecule has 1 aromatic carbocycles. The lowest BCUT2D eigenvalue weighted by Gasteiger charge is -2.32. The molecule has 4 rings (SSSR count). The molecular formula is C24H26N2O4. The molecule has 1 aliphatic rings. The topological polar surface area (TPSA) is 71.2 Å². The zero-order chi connectivity index (χ0) is 21.3. The zero-order valence-electron chi connectivity index (χ0n) is 17.3. The number of carboxylic acids is 1. The summed E-state index contributed by atoms with van der Waals surface area (Å²) in [6, 6.07) is 13.5. The number of ether oxygens (including phenoxy) is 1. The Labute approximate surface area is 175 Å². The molecule has 3 aromatic rings. The molecule has 6 nitrogen and oxygen atoms in total. The molecule has 1 amide bonds. The van der Waals surface area contributed by atoms with Crippen LogP contribution in [0.1, 0.15) is 28.8 Å². The van der Waals surface area contributed by atoms with E-state index < -0.39 is 5.97 Å². The van der Waals surface area contributed by atoms with Crippen LogP contribution in [0.5, 0.6) is 5.75 Å². The van der Waals surface area contributed by atoms with Gasteiger partial charge < -0.3 is 19.1 Å². The van der Waals surface area contributed by atoms with Crippen molar-refractivity contribution in [2.24, 2.45) is 0 Å². The quantitative estimate of drug-likeness (QED) is 0.683. The van der Waals surface area contributed by atoms with Gasteiger partial charge in [-0.3, -0.25) is 9.59 Å². The number of carbonyl (C=O) groups excluding carboxylic acids is 1. The maximum absolute atomic E-state index is 12.9. The summed E-state index contributed by atoms with van der Waals surface area (Å²) in [5.74, 6) is 0.0416. The maximum atomic E-state index is 12.9. The van der Waals surface area contributed by atoms with Crippen molar-refractivity contribution in [1.82, 2.24) is 9.30 Å². The average Bonchev–Trinajstić information content (AvgIpc) is 3.06. The van der Waals surface area contributed by atoms with Crippen molar-refractivity contribution in [2.75, 3.05) is 14.2 Å². The number of benzene rings is 1. The molecule has 0 spiro atoms. The summed E-state index contributed by atoms with van der Waals surface area (Å²) in [5, 5.41) is 9.36. The normalized spacial score (nSPS) is 15.6. The highest BCUT2D eigenvalue weighted by Gasteiger charge is 2.30. The Hall–Kier alpha value is -3.28. The fourth-order valence-corrected chi connectivity index (χ4v) is 4.48. The third kappa shape index (κ3) is 3.77. The number of carbonyl (C=O) groups is 2. The van der Waals surface area contributed by atoms with E-state index in [4.69, 9.17) is 4.74 Å². The lowest BCUT2D eigenvalue weighted by Crippen LogP contribution is -2.41. The largest absolute Gasteiger partial charge is 0.497 e. The van der Waals surface area contributed by atoms with E-state index in [-0.39, 0.29) is 18.4 Å². The summed E-state index contributed by atoms with van der Waals surface area (Å²) in [5.41, 5.74) is 5.08. The van der Waals surface area contributed by atoms with Gasteiger partial charge in [0.2, 0.25) is 5.91 Å². The number of fused-ring (bicyclic) bond motifs is 3. The Morgan fingerprint density at radius 3 is 2.63 bits per heavy atom. The lowest BCUT2D eigenvalue weighted by molar-refractivity contribution is -0.136. The Kier molecular flexibility index (Phi) is 5.48. The van der Waals surface area contributed by atoms with Crippen LogP contribution < -0.4 is 4.74 Å². The summed E-state index contributed by atoms with van der Waals surface area (Å²) < 4.78 is 7.28. The van der Waals surface area contributed by atoms with Crippen LogP contribution in [0.2, 0.25) is 0 Å². The molecule has 2 heterocycles. The van der Waals surface area contributed by atoms with Crippen LogP contribution in [-0.4, -0.2) is 46.5 Å². The summed E-state index contributed by atoms with van der Waals surface area (Å²) in [4.78, 5) is 26.2. The van der Waals surface area contributed by atoms with Crippen LogP contribution in [0.4, 0.5) is 0 Å². The summed E-state index contributed by atoms with van der Waals surface area (Å²) in [6.45, 7) is 0. The summed E-state index contributed by atoms with van der Waals surface area (Å²) in [7, 11) is 3.49. The van der Waals surface area contributed by atoms with Crippen molar-refractivity contribution in [3.63, 3.8) is 0 Å². The van der Waals surface area contributed by atoms with Crippen LogP contribution in [-0.2, 0) is 35.3 Å². The molecule has 6 heteroatoms. The van der Waals surface area contributed by atoms with E-state index in [9.17, 15) is 14.7 Å². The Morgan fingerprint density at radius 1 is 1.17 bits per heavy atom. The first kappa shape index (κ1) is 20.0. The molecular weight excluding hydrogens is 380 g/mol. The second-order valence-electron chi connectivity index (χ2n) is 7.86. The van der Waals surface area contributed by atoms with Gasteiger partial charge in [-0.05, 0) is 53.8 Å². The van der Waals surface area contributed by atoms with E-state index in [0.717, 1.165) is 52.9 Å². The lowest BCUT2D eigenvalue weighted by atomic mass is 9.89. The van der Waals surface area contributed by atoms with Gasteiger partial charge in [0, 0.05) is 36.9 Å². The van der Waals surface area contributed by atoms with Gasteiger partial charge in [0.25, 0.3) is 0 Å². The molecule has 0 radical (unpaired) electrons. The minimum Gasteiger partial charge on any atom is -0.497 e. The molecule has 0 bridgehead atoms. The standard InChI is InChI=1S/C24H26N2O4/c1-25(23(27)13-16-6-9-18(30-2)10-7-16)17-8-11-19-20(15-24(28)29)21-5-3-4-12-26(21)22(19)14-17/h3-7,9-10,12,17H,8,11,13-15H2,1-2H3,(H,28,29)/t17-/m1/s1. The van der Waals surface area contributed by atoms with E-state index in [0.29, 0.717) is 6.42 Å². The van der Waals surface area contributed by atoms with Crippen molar-refractivity contribution in [3.05, 3.63) is 71.0 Å². The fourth-order valence-electron chi connectivity index (χ4n) is 4.48. The Bertz CT molecular complexity index is 1080. The van der Waals surface area contributed by atoms with Crippen molar-refractivity contribution < 1.29 is 19.4 Å². The minimum atomic E-state index is -0.817. The number of aromatic nitrogens is 1. The van der Waals surface area contributed by atoms with Gasteiger partial charge in [-0.25, -0.2) is 0 Å². The number of pyridine rings is 1. The Balaban J connectivity index is 1.54. The van der Waals surface area contributed by atoms with Crippen LogP contribution in [0.15, 0.2) is 48.7 Å². The minimum absolute atomic E-state index is 0.0275. The van der Waals surface area contributed by atoms with Gasteiger partial charge in [0.1, 0.15) is 5.75 Å². The number of carboxylic acid groups (broad SMARTS) is 1. The molecule has 30 heavy (non-hydrogen) atoms. The van der Waals surface area contributed by atoms with E-state index in [2.05, 4.69) is 4.40 Å². The van der Waals surface area contributed by atoms with Gasteiger partial charge in [-0.15, -0.1) is 0 Å².